The van der Waals surface area contributed by atoms with Gasteiger partial charge in [-0.05, 0) is 39.0 Å². The maximum Gasteiger partial charge on any atom is 0.293 e. The van der Waals surface area contributed by atoms with Crippen LogP contribution in [-0.4, -0.2) is 16.1 Å². The molecule has 2 rings (SSSR count). The van der Waals surface area contributed by atoms with Crippen molar-refractivity contribution in [2.75, 3.05) is 11.9 Å². The Bertz CT molecular complexity index is 501. The number of hydrogen-bond acceptors (Lipinski definition) is 3. The Hall–Kier alpha value is -1.32. The molecule has 1 N–H and O–H groups in total. The first-order chi connectivity index (χ1) is 9.39. The molecule has 0 saturated heterocycles. The van der Waals surface area contributed by atoms with Crippen LogP contribution in [0.5, 0.6) is 0 Å². The van der Waals surface area contributed by atoms with Gasteiger partial charge in [-0.1, -0.05) is 26.2 Å². The van der Waals surface area contributed by atoms with Crippen LogP contribution in [0.2, 0.25) is 0 Å². The molecule has 0 spiro atoms. The fourth-order valence-electron chi connectivity index (χ4n) is 2.99. The highest BCUT2D eigenvalue weighted by Crippen LogP contribution is 2.29. The van der Waals surface area contributed by atoms with Crippen molar-refractivity contribution in [3.05, 3.63) is 22.7 Å². The third kappa shape index (κ3) is 3.41. The van der Waals surface area contributed by atoms with Gasteiger partial charge in [0, 0.05) is 24.5 Å². The zero-order valence-corrected chi connectivity index (χ0v) is 13.1. The molecule has 1 aromatic rings. The minimum Gasteiger partial charge on any atom is -0.365 e. The lowest BCUT2D eigenvalue weighted by molar-refractivity contribution is 0.268. The summed E-state index contributed by atoms with van der Waals surface area (Å²) >= 11 is 0. The molecule has 2 unspecified atom stereocenters. The second-order valence-electron chi connectivity index (χ2n) is 7.02. The second-order valence-corrected chi connectivity index (χ2v) is 7.02. The van der Waals surface area contributed by atoms with Gasteiger partial charge in [-0.2, -0.15) is 0 Å². The Morgan fingerprint density at radius 3 is 2.70 bits per heavy atom. The van der Waals surface area contributed by atoms with E-state index >= 15 is 0 Å². The van der Waals surface area contributed by atoms with Gasteiger partial charge in [0.15, 0.2) is 5.82 Å². The lowest BCUT2D eigenvalue weighted by Crippen LogP contribution is -2.36. The molecular formula is C16H27N3O. The van der Waals surface area contributed by atoms with E-state index in [1.54, 1.807) is 17.0 Å². The molecule has 112 valence electrons. The van der Waals surface area contributed by atoms with Crippen molar-refractivity contribution in [1.29, 1.82) is 0 Å². The van der Waals surface area contributed by atoms with Crippen molar-refractivity contribution >= 4 is 5.82 Å². The summed E-state index contributed by atoms with van der Waals surface area (Å²) in [6.07, 6.45) is 8.69. The van der Waals surface area contributed by atoms with E-state index in [0.29, 0.717) is 11.7 Å². The van der Waals surface area contributed by atoms with Crippen LogP contribution < -0.4 is 10.9 Å². The van der Waals surface area contributed by atoms with Crippen LogP contribution in [0.25, 0.3) is 0 Å². The summed E-state index contributed by atoms with van der Waals surface area (Å²) in [4.78, 5) is 16.6. The largest absolute Gasteiger partial charge is 0.365 e. The van der Waals surface area contributed by atoms with Crippen molar-refractivity contribution in [2.24, 2.45) is 11.8 Å². The van der Waals surface area contributed by atoms with Crippen LogP contribution >= 0.6 is 0 Å². The number of nitrogens with one attached hydrogen (secondary N) is 1. The minimum absolute atomic E-state index is 0.0246. The average Bonchev–Trinajstić information content (AvgIpc) is 2.38. The van der Waals surface area contributed by atoms with E-state index < -0.39 is 0 Å². The first kappa shape index (κ1) is 15.1. The zero-order valence-electron chi connectivity index (χ0n) is 13.1. The van der Waals surface area contributed by atoms with Crippen molar-refractivity contribution in [3.8, 4) is 0 Å². The van der Waals surface area contributed by atoms with Crippen LogP contribution in [0.3, 0.4) is 0 Å². The van der Waals surface area contributed by atoms with Gasteiger partial charge in [0.2, 0.25) is 0 Å². The quantitative estimate of drug-likeness (QED) is 0.922. The van der Waals surface area contributed by atoms with Gasteiger partial charge in [0.25, 0.3) is 5.56 Å². The number of hydrogen-bond donors (Lipinski definition) is 1. The fraction of sp³-hybridized carbons (Fsp3) is 0.750. The van der Waals surface area contributed by atoms with Crippen molar-refractivity contribution in [3.63, 3.8) is 0 Å². The smallest absolute Gasteiger partial charge is 0.293 e. The Balaban J connectivity index is 2.08. The van der Waals surface area contributed by atoms with Crippen LogP contribution in [0.4, 0.5) is 5.82 Å². The summed E-state index contributed by atoms with van der Waals surface area (Å²) in [6, 6.07) is 0. The van der Waals surface area contributed by atoms with Gasteiger partial charge in [-0.25, -0.2) is 4.98 Å². The summed E-state index contributed by atoms with van der Waals surface area (Å²) in [5.41, 5.74) is -0.238. The summed E-state index contributed by atoms with van der Waals surface area (Å²) in [7, 11) is 0. The standard InChI is InChI=1S/C16H27N3O/c1-12-7-5-6-8-13(12)11-18-14-15(20)19(10-9-17-14)16(2,3)4/h9-10,12-13H,5-8,11H2,1-4H3,(H,17,18). The maximum absolute atomic E-state index is 12.4. The van der Waals surface area contributed by atoms with E-state index in [4.69, 9.17) is 0 Å². The summed E-state index contributed by atoms with van der Waals surface area (Å²) in [5, 5.41) is 3.28. The molecule has 0 aromatic carbocycles. The summed E-state index contributed by atoms with van der Waals surface area (Å²) in [5.74, 6) is 1.89. The predicted molar refractivity (Wildman–Crippen MR) is 83.1 cm³/mol. The molecule has 20 heavy (non-hydrogen) atoms. The molecule has 4 heteroatoms. The predicted octanol–water partition coefficient (Wildman–Crippen LogP) is 3.24. The van der Waals surface area contributed by atoms with Gasteiger partial charge in [0.1, 0.15) is 0 Å². The van der Waals surface area contributed by atoms with E-state index in [1.807, 2.05) is 20.8 Å². The van der Waals surface area contributed by atoms with Gasteiger partial charge in [-0.3, -0.25) is 4.79 Å². The van der Waals surface area contributed by atoms with E-state index in [0.717, 1.165) is 12.5 Å². The lowest BCUT2D eigenvalue weighted by Gasteiger charge is -2.29. The first-order valence-corrected chi connectivity index (χ1v) is 7.71. The molecule has 1 heterocycles. The Morgan fingerprint density at radius 2 is 2.05 bits per heavy atom. The van der Waals surface area contributed by atoms with Crippen molar-refractivity contribution < 1.29 is 0 Å². The highest BCUT2D eigenvalue weighted by Gasteiger charge is 2.22. The monoisotopic (exact) mass is 277 g/mol. The molecule has 1 fully saturated rings. The Labute approximate surface area is 121 Å². The molecule has 1 saturated carbocycles. The average molecular weight is 277 g/mol. The molecule has 0 amide bonds. The molecular weight excluding hydrogens is 250 g/mol. The lowest BCUT2D eigenvalue weighted by atomic mass is 9.80. The second kappa shape index (κ2) is 5.98. The minimum atomic E-state index is -0.214. The van der Waals surface area contributed by atoms with Crippen molar-refractivity contribution in [2.45, 2.75) is 58.9 Å². The van der Waals surface area contributed by atoms with Crippen LogP contribution in [0.1, 0.15) is 53.4 Å². The molecule has 2 atom stereocenters. The highest BCUT2D eigenvalue weighted by molar-refractivity contribution is 5.31. The van der Waals surface area contributed by atoms with Gasteiger partial charge < -0.3 is 9.88 Å². The molecule has 1 aromatic heterocycles. The topological polar surface area (TPSA) is 46.9 Å². The van der Waals surface area contributed by atoms with Crippen molar-refractivity contribution in [1.82, 2.24) is 9.55 Å². The normalized spacial score (nSPS) is 23.6. The number of rotatable bonds is 3. The molecule has 4 nitrogen and oxygen atoms in total. The van der Waals surface area contributed by atoms with Gasteiger partial charge in [-0.15, -0.1) is 0 Å². The van der Waals surface area contributed by atoms with E-state index in [9.17, 15) is 4.79 Å². The van der Waals surface area contributed by atoms with Crippen LogP contribution in [0.15, 0.2) is 17.2 Å². The fourth-order valence-corrected chi connectivity index (χ4v) is 2.99. The number of anilines is 1. The van der Waals surface area contributed by atoms with E-state index in [-0.39, 0.29) is 11.1 Å². The number of nitrogens with zero attached hydrogens (tertiary/aromatic N) is 2. The Morgan fingerprint density at radius 1 is 1.35 bits per heavy atom. The van der Waals surface area contributed by atoms with Gasteiger partial charge in [0.05, 0.1) is 0 Å². The Kier molecular flexibility index (Phi) is 4.51. The highest BCUT2D eigenvalue weighted by atomic mass is 16.1. The third-order valence-corrected chi connectivity index (χ3v) is 4.38. The third-order valence-electron chi connectivity index (χ3n) is 4.38. The van der Waals surface area contributed by atoms with Gasteiger partial charge >= 0.3 is 0 Å². The molecule has 0 radical (unpaired) electrons. The van der Waals surface area contributed by atoms with Crippen LogP contribution in [-0.2, 0) is 5.54 Å². The van der Waals surface area contributed by atoms with Crippen LogP contribution in [0, 0.1) is 11.8 Å². The van der Waals surface area contributed by atoms with E-state index in [2.05, 4.69) is 17.2 Å². The molecule has 1 aliphatic rings. The summed E-state index contributed by atoms with van der Waals surface area (Å²) in [6.45, 7) is 9.26. The maximum atomic E-state index is 12.4. The molecule has 0 bridgehead atoms. The first-order valence-electron chi connectivity index (χ1n) is 7.71. The summed E-state index contributed by atoms with van der Waals surface area (Å²) < 4.78 is 1.74. The molecule has 1 aliphatic carbocycles. The SMILES string of the molecule is CC1CCCCC1CNc1nccn(C(C)(C)C)c1=O. The van der Waals surface area contributed by atoms with E-state index in [1.165, 1.54) is 25.7 Å². The number of aromatic nitrogens is 2. The zero-order chi connectivity index (χ0) is 14.8. The molecule has 0 aliphatic heterocycles.